The largest absolute Gasteiger partial charge is 0.398 e. The Bertz CT molecular complexity index is 355. The number of hydrogen-bond acceptors (Lipinski definition) is 3. The zero-order valence-electron chi connectivity index (χ0n) is 7.95. The fourth-order valence-electron chi connectivity index (χ4n) is 0.941. The molecule has 1 amide bonds. The van der Waals surface area contributed by atoms with Crippen LogP contribution in [0.2, 0.25) is 0 Å². The lowest BCUT2D eigenvalue weighted by molar-refractivity contribution is -0.0756. The number of amides is 1. The molecule has 0 saturated heterocycles. The van der Waals surface area contributed by atoms with Crippen molar-refractivity contribution < 1.29 is 9.63 Å². The highest BCUT2D eigenvalue weighted by molar-refractivity contribution is 9.10. The zero-order valence-corrected chi connectivity index (χ0v) is 9.54. The highest BCUT2D eigenvalue weighted by atomic mass is 79.9. The minimum absolute atomic E-state index is 0.230. The summed E-state index contributed by atoms with van der Waals surface area (Å²) in [6, 6.07) is 5.01. The van der Waals surface area contributed by atoms with E-state index in [0.717, 1.165) is 9.54 Å². The first kappa shape index (κ1) is 11.0. The van der Waals surface area contributed by atoms with Crippen LogP contribution in [-0.2, 0) is 4.84 Å². The Hall–Kier alpha value is -1.07. The van der Waals surface area contributed by atoms with Gasteiger partial charge in [-0.15, -0.1) is 0 Å². The monoisotopic (exact) mass is 258 g/mol. The molecule has 0 unspecified atom stereocenters. The second kappa shape index (κ2) is 4.43. The van der Waals surface area contributed by atoms with E-state index < -0.39 is 0 Å². The van der Waals surface area contributed by atoms with E-state index in [1.165, 1.54) is 7.11 Å². The van der Waals surface area contributed by atoms with Crippen LogP contribution in [0.3, 0.4) is 0 Å². The van der Waals surface area contributed by atoms with Crippen LogP contribution in [0, 0.1) is 0 Å². The fourth-order valence-corrected chi connectivity index (χ4v) is 1.19. The summed E-state index contributed by atoms with van der Waals surface area (Å²) < 4.78 is 0.772. The molecule has 1 aromatic carbocycles. The second-order valence-corrected chi connectivity index (χ2v) is 3.58. The van der Waals surface area contributed by atoms with E-state index in [2.05, 4.69) is 15.9 Å². The number of carbonyl (C=O) groups excluding carboxylic acids is 1. The molecular weight excluding hydrogens is 248 g/mol. The van der Waals surface area contributed by atoms with E-state index in [1.54, 1.807) is 25.2 Å². The number of anilines is 1. The number of halogens is 1. The van der Waals surface area contributed by atoms with Crippen LogP contribution >= 0.6 is 15.9 Å². The minimum atomic E-state index is -0.230. The molecule has 1 aromatic rings. The summed E-state index contributed by atoms with van der Waals surface area (Å²) in [5, 5.41) is 1.14. The molecule has 76 valence electrons. The SMILES string of the molecule is CON(C)C(=O)c1ccc(Br)c(N)c1. The highest BCUT2D eigenvalue weighted by Crippen LogP contribution is 2.20. The first-order chi connectivity index (χ1) is 6.56. The first-order valence-corrected chi connectivity index (χ1v) is 4.72. The maximum atomic E-state index is 11.6. The van der Waals surface area contributed by atoms with Gasteiger partial charge in [-0.05, 0) is 34.1 Å². The average molecular weight is 259 g/mol. The lowest BCUT2D eigenvalue weighted by Crippen LogP contribution is -2.25. The third-order valence-corrected chi connectivity index (χ3v) is 2.52. The van der Waals surface area contributed by atoms with Crippen LogP contribution in [-0.4, -0.2) is 25.1 Å². The molecule has 0 spiro atoms. The summed E-state index contributed by atoms with van der Waals surface area (Å²) in [6.45, 7) is 0. The van der Waals surface area contributed by atoms with Gasteiger partial charge in [0, 0.05) is 22.8 Å². The summed E-state index contributed by atoms with van der Waals surface area (Å²) >= 11 is 3.25. The zero-order chi connectivity index (χ0) is 10.7. The van der Waals surface area contributed by atoms with Gasteiger partial charge in [-0.2, -0.15) is 0 Å². The molecule has 1 rings (SSSR count). The number of nitrogen functional groups attached to an aromatic ring is 1. The summed E-state index contributed by atoms with van der Waals surface area (Å²) in [5.74, 6) is -0.230. The van der Waals surface area contributed by atoms with Crippen LogP contribution in [0.25, 0.3) is 0 Å². The molecule has 4 nitrogen and oxygen atoms in total. The minimum Gasteiger partial charge on any atom is -0.398 e. The van der Waals surface area contributed by atoms with Crippen LogP contribution in [0.5, 0.6) is 0 Å². The lowest BCUT2D eigenvalue weighted by Gasteiger charge is -2.13. The normalized spacial score (nSPS) is 9.93. The van der Waals surface area contributed by atoms with Gasteiger partial charge in [0.25, 0.3) is 5.91 Å². The van der Waals surface area contributed by atoms with Crippen LogP contribution in [0.1, 0.15) is 10.4 Å². The third kappa shape index (κ3) is 2.24. The Labute approximate surface area is 90.7 Å². The number of nitrogens with two attached hydrogens (primary N) is 1. The van der Waals surface area contributed by atoms with Gasteiger partial charge in [-0.1, -0.05) is 0 Å². The van der Waals surface area contributed by atoms with Gasteiger partial charge >= 0.3 is 0 Å². The molecule has 0 bridgehead atoms. The Morgan fingerprint density at radius 3 is 2.71 bits per heavy atom. The fraction of sp³-hybridized carbons (Fsp3) is 0.222. The van der Waals surface area contributed by atoms with Crippen molar-refractivity contribution in [3.63, 3.8) is 0 Å². The standard InChI is InChI=1S/C9H11BrN2O2/c1-12(14-2)9(13)6-3-4-7(10)8(11)5-6/h3-5H,11H2,1-2H3. The Morgan fingerprint density at radius 1 is 1.57 bits per heavy atom. The Kier molecular flexibility index (Phi) is 3.49. The number of benzene rings is 1. The smallest absolute Gasteiger partial charge is 0.277 e. The molecule has 0 fully saturated rings. The number of hydrogen-bond donors (Lipinski definition) is 1. The summed E-state index contributed by atoms with van der Waals surface area (Å²) in [6.07, 6.45) is 0. The van der Waals surface area contributed by atoms with Gasteiger partial charge in [0.2, 0.25) is 0 Å². The van der Waals surface area contributed by atoms with Crippen molar-refractivity contribution in [1.82, 2.24) is 5.06 Å². The van der Waals surface area contributed by atoms with Crippen molar-refractivity contribution in [3.8, 4) is 0 Å². The van der Waals surface area contributed by atoms with E-state index >= 15 is 0 Å². The van der Waals surface area contributed by atoms with E-state index in [4.69, 9.17) is 10.6 Å². The van der Waals surface area contributed by atoms with Gasteiger partial charge in [0.1, 0.15) is 0 Å². The van der Waals surface area contributed by atoms with E-state index in [9.17, 15) is 4.79 Å². The quantitative estimate of drug-likeness (QED) is 0.649. The van der Waals surface area contributed by atoms with Gasteiger partial charge in [-0.25, -0.2) is 5.06 Å². The van der Waals surface area contributed by atoms with Crippen LogP contribution < -0.4 is 5.73 Å². The summed E-state index contributed by atoms with van der Waals surface area (Å²) in [7, 11) is 2.97. The number of rotatable bonds is 2. The predicted molar refractivity (Wildman–Crippen MR) is 57.7 cm³/mol. The van der Waals surface area contributed by atoms with Gasteiger partial charge < -0.3 is 5.73 Å². The van der Waals surface area contributed by atoms with E-state index in [0.29, 0.717) is 11.3 Å². The molecule has 0 atom stereocenters. The van der Waals surface area contributed by atoms with Gasteiger partial charge in [0.15, 0.2) is 0 Å². The first-order valence-electron chi connectivity index (χ1n) is 3.93. The average Bonchev–Trinajstić information content (AvgIpc) is 2.20. The lowest BCUT2D eigenvalue weighted by atomic mass is 10.2. The molecule has 2 N–H and O–H groups in total. The molecule has 14 heavy (non-hydrogen) atoms. The van der Waals surface area contributed by atoms with Gasteiger partial charge in [-0.3, -0.25) is 9.63 Å². The van der Waals surface area contributed by atoms with Crippen molar-refractivity contribution in [2.75, 3.05) is 19.9 Å². The molecule has 0 saturated carbocycles. The van der Waals surface area contributed by atoms with Crippen molar-refractivity contribution in [1.29, 1.82) is 0 Å². The Morgan fingerprint density at radius 2 is 2.21 bits per heavy atom. The molecule has 0 heterocycles. The molecular formula is C9H11BrN2O2. The molecule has 5 heteroatoms. The third-order valence-electron chi connectivity index (χ3n) is 1.80. The van der Waals surface area contributed by atoms with Crippen molar-refractivity contribution >= 4 is 27.5 Å². The maximum Gasteiger partial charge on any atom is 0.277 e. The number of nitrogens with zero attached hydrogens (tertiary/aromatic N) is 1. The van der Waals surface area contributed by atoms with Crippen molar-refractivity contribution in [2.24, 2.45) is 0 Å². The summed E-state index contributed by atoms with van der Waals surface area (Å²) in [4.78, 5) is 16.3. The molecule has 0 aliphatic rings. The topological polar surface area (TPSA) is 55.6 Å². The molecule has 0 radical (unpaired) electrons. The van der Waals surface area contributed by atoms with Crippen LogP contribution in [0.4, 0.5) is 5.69 Å². The molecule has 0 aliphatic carbocycles. The molecule has 0 aliphatic heterocycles. The van der Waals surface area contributed by atoms with E-state index in [-0.39, 0.29) is 5.91 Å². The van der Waals surface area contributed by atoms with Crippen molar-refractivity contribution in [2.45, 2.75) is 0 Å². The Balaban J connectivity index is 2.97. The summed E-state index contributed by atoms with van der Waals surface area (Å²) in [5.41, 5.74) is 6.67. The van der Waals surface area contributed by atoms with E-state index in [1.807, 2.05) is 0 Å². The maximum absolute atomic E-state index is 11.6. The molecule has 0 aromatic heterocycles. The van der Waals surface area contributed by atoms with Crippen LogP contribution in [0.15, 0.2) is 22.7 Å². The van der Waals surface area contributed by atoms with Crippen molar-refractivity contribution in [3.05, 3.63) is 28.2 Å². The highest BCUT2D eigenvalue weighted by Gasteiger charge is 2.11. The van der Waals surface area contributed by atoms with Gasteiger partial charge in [0.05, 0.1) is 7.11 Å². The number of carbonyl (C=O) groups is 1. The predicted octanol–water partition coefficient (Wildman–Crippen LogP) is 1.66. The second-order valence-electron chi connectivity index (χ2n) is 2.72. The number of hydroxylamine groups is 2.